The van der Waals surface area contributed by atoms with Crippen LogP contribution >= 0.6 is 0 Å². The van der Waals surface area contributed by atoms with Gasteiger partial charge in [0.1, 0.15) is 0 Å². The second kappa shape index (κ2) is 4.75. The van der Waals surface area contributed by atoms with E-state index in [0.717, 1.165) is 6.07 Å². The Hall–Kier alpha value is -2.15. The van der Waals surface area contributed by atoms with Crippen molar-refractivity contribution in [1.29, 1.82) is 0 Å². The van der Waals surface area contributed by atoms with Gasteiger partial charge in [-0.1, -0.05) is 0 Å². The molecule has 7 heteroatoms. The van der Waals surface area contributed by atoms with Gasteiger partial charge in [-0.25, -0.2) is 0 Å². The van der Waals surface area contributed by atoms with Crippen LogP contribution in [0, 0.1) is 10.1 Å². The molecule has 1 aromatic carbocycles. The zero-order valence-electron chi connectivity index (χ0n) is 11.3. The van der Waals surface area contributed by atoms with E-state index in [1.165, 1.54) is 11.0 Å². The molecule has 0 saturated carbocycles. The number of nitro groups is 1. The van der Waals surface area contributed by atoms with E-state index in [4.69, 9.17) is 0 Å². The maximum Gasteiger partial charge on any atom is 0.311 e. The van der Waals surface area contributed by atoms with Gasteiger partial charge in [0, 0.05) is 30.8 Å². The first-order valence-corrected chi connectivity index (χ1v) is 6.21. The van der Waals surface area contributed by atoms with E-state index in [2.05, 4.69) is 0 Å². The number of phenols is 1. The van der Waals surface area contributed by atoms with Gasteiger partial charge < -0.3 is 15.1 Å². The fourth-order valence-corrected chi connectivity index (χ4v) is 2.13. The first kappa shape index (κ1) is 14.3. The lowest BCUT2D eigenvalue weighted by Crippen LogP contribution is -2.31. The summed E-state index contributed by atoms with van der Waals surface area (Å²) in [4.78, 5) is 23.7. The van der Waals surface area contributed by atoms with E-state index >= 15 is 0 Å². The average molecular weight is 280 g/mol. The predicted molar refractivity (Wildman–Crippen MR) is 70.4 cm³/mol. The van der Waals surface area contributed by atoms with Gasteiger partial charge in [0.25, 0.3) is 5.91 Å². The molecule has 1 heterocycles. The van der Waals surface area contributed by atoms with Crippen LogP contribution in [0.4, 0.5) is 5.69 Å². The van der Waals surface area contributed by atoms with Crippen LogP contribution in [0.2, 0.25) is 0 Å². The molecule has 1 aromatic rings. The van der Waals surface area contributed by atoms with Crippen LogP contribution in [-0.4, -0.2) is 38.1 Å². The van der Waals surface area contributed by atoms with Crippen LogP contribution in [-0.2, 0) is 6.54 Å². The summed E-state index contributed by atoms with van der Waals surface area (Å²) in [6.45, 7) is 3.91. The zero-order chi connectivity index (χ0) is 15.1. The molecule has 0 radical (unpaired) electrons. The van der Waals surface area contributed by atoms with Crippen LogP contribution in [0.5, 0.6) is 5.75 Å². The summed E-state index contributed by atoms with van der Waals surface area (Å²) in [6.07, 6.45) is 0.404. The smallest absolute Gasteiger partial charge is 0.311 e. The van der Waals surface area contributed by atoms with E-state index in [1.807, 2.05) is 0 Å². The SMILES string of the molecule is CC(C)(O)CCN1Cc2cc([N+](=O)[O-])c(O)cc2C1=O. The van der Waals surface area contributed by atoms with Crippen molar-refractivity contribution >= 4 is 11.6 Å². The Labute approximate surface area is 115 Å². The number of carbonyl (C=O) groups is 1. The lowest BCUT2D eigenvalue weighted by atomic mass is 10.1. The number of amides is 1. The lowest BCUT2D eigenvalue weighted by Gasteiger charge is -2.22. The maximum absolute atomic E-state index is 12.1. The molecule has 7 nitrogen and oxygen atoms in total. The number of phenolic OH excluding ortho intramolecular Hbond substituents is 1. The highest BCUT2D eigenvalue weighted by Crippen LogP contribution is 2.34. The third-order valence-corrected chi connectivity index (χ3v) is 3.27. The van der Waals surface area contributed by atoms with Gasteiger partial charge in [0.05, 0.1) is 10.5 Å². The number of rotatable bonds is 4. The molecule has 108 valence electrons. The normalized spacial score (nSPS) is 14.6. The van der Waals surface area contributed by atoms with Crippen molar-refractivity contribution in [2.24, 2.45) is 0 Å². The molecule has 1 amide bonds. The highest BCUT2D eigenvalue weighted by Gasteiger charge is 2.31. The molecule has 0 saturated heterocycles. The Morgan fingerprint density at radius 1 is 1.45 bits per heavy atom. The molecule has 0 fully saturated rings. The van der Waals surface area contributed by atoms with Gasteiger partial charge in [-0.2, -0.15) is 0 Å². The van der Waals surface area contributed by atoms with Crippen LogP contribution in [0.1, 0.15) is 36.2 Å². The van der Waals surface area contributed by atoms with Crippen molar-refractivity contribution < 1.29 is 19.9 Å². The van der Waals surface area contributed by atoms with Crippen molar-refractivity contribution in [2.75, 3.05) is 6.54 Å². The van der Waals surface area contributed by atoms with Gasteiger partial charge in [-0.15, -0.1) is 0 Å². The maximum atomic E-state index is 12.1. The Morgan fingerprint density at radius 3 is 2.65 bits per heavy atom. The average Bonchev–Trinajstić information content (AvgIpc) is 2.62. The van der Waals surface area contributed by atoms with Gasteiger partial charge in [0.15, 0.2) is 5.75 Å². The monoisotopic (exact) mass is 280 g/mol. The van der Waals surface area contributed by atoms with E-state index in [1.54, 1.807) is 13.8 Å². The van der Waals surface area contributed by atoms with Crippen molar-refractivity contribution in [3.8, 4) is 5.75 Å². The van der Waals surface area contributed by atoms with Crippen LogP contribution in [0.25, 0.3) is 0 Å². The summed E-state index contributed by atoms with van der Waals surface area (Å²) < 4.78 is 0. The molecule has 2 N–H and O–H groups in total. The Bertz CT molecular complexity index is 577. The lowest BCUT2D eigenvalue weighted by molar-refractivity contribution is -0.385. The van der Waals surface area contributed by atoms with E-state index in [-0.39, 0.29) is 18.0 Å². The Morgan fingerprint density at radius 2 is 2.10 bits per heavy atom. The number of hydrogen-bond acceptors (Lipinski definition) is 5. The van der Waals surface area contributed by atoms with E-state index < -0.39 is 22.0 Å². The topological polar surface area (TPSA) is 104 Å². The van der Waals surface area contributed by atoms with Crippen molar-refractivity contribution in [3.05, 3.63) is 33.4 Å². The highest BCUT2D eigenvalue weighted by atomic mass is 16.6. The zero-order valence-corrected chi connectivity index (χ0v) is 11.3. The number of aromatic hydroxyl groups is 1. The number of nitrogens with zero attached hydrogens (tertiary/aromatic N) is 2. The molecular formula is C13H16N2O5. The first-order valence-electron chi connectivity index (χ1n) is 6.21. The number of aliphatic hydroxyl groups is 1. The molecule has 20 heavy (non-hydrogen) atoms. The molecule has 2 rings (SSSR count). The van der Waals surface area contributed by atoms with Crippen molar-refractivity contribution in [1.82, 2.24) is 4.90 Å². The van der Waals surface area contributed by atoms with Gasteiger partial charge in [-0.3, -0.25) is 14.9 Å². The molecule has 1 aliphatic heterocycles. The number of carbonyl (C=O) groups excluding carboxylic acids is 1. The highest BCUT2D eigenvalue weighted by molar-refractivity contribution is 5.99. The quantitative estimate of drug-likeness (QED) is 0.641. The molecule has 0 bridgehead atoms. The number of nitro benzene ring substituents is 1. The number of fused-ring (bicyclic) bond motifs is 1. The summed E-state index contributed by atoms with van der Waals surface area (Å²) in [7, 11) is 0. The molecule has 0 unspecified atom stereocenters. The minimum absolute atomic E-state index is 0.255. The van der Waals surface area contributed by atoms with Crippen molar-refractivity contribution in [3.63, 3.8) is 0 Å². The van der Waals surface area contributed by atoms with Crippen LogP contribution < -0.4 is 0 Å². The largest absolute Gasteiger partial charge is 0.502 e. The minimum atomic E-state index is -0.886. The fraction of sp³-hybridized carbons (Fsp3) is 0.462. The second-order valence-corrected chi connectivity index (χ2v) is 5.54. The summed E-state index contributed by atoms with van der Waals surface area (Å²) >= 11 is 0. The molecule has 0 aromatic heterocycles. The van der Waals surface area contributed by atoms with Crippen LogP contribution in [0.3, 0.4) is 0 Å². The fourth-order valence-electron chi connectivity index (χ4n) is 2.13. The predicted octanol–water partition coefficient (Wildman–Crippen LogP) is 1.42. The summed E-state index contributed by atoms with van der Waals surface area (Å²) in [6, 6.07) is 2.37. The van der Waals surface area contributed by atoms with Gasteiger partial charge in [-0.05, 0) is 25.8 Å². The second-order valence-electron chi connectivity index (χ2n) is 5.54. The first-order chi connectivity index (χ1) is 9.19. The molecule has 1 aliphatic rings. The third-order valence-electron chi connectivity index (χ3n) is 3.27. The van der Waals surface area contributed by atoms with Gasteiger partial charge in [0.2, 0.25) is 0 Å². The van der Waals surface area contributed by atoms with E-state index in [9.17, 15) is 25.1 Å². The number of benzene rings is 1. The molecule has 0 atom stereocenters. The van der Waals surface area contributed by atoms with Crippen molar-refractivity contribution in [2.45, 2.75) is 32.4 Å². The van der Waals surface area contributed by atoms with Gasteiger partial charge >= 0.3 is 5.69 Å². The van der Waals surface area contributed by atoms with E-state index in [0.29, 0.717) is 18.5 Å². The third kappa shape index (κ3) is 2.72. The minimum Gasteiger partial charge on any atom is -0.502 e. The standard InChI is InChI=1S/C13H16N2O5/c1-13(2,18)3-4-14-7-8-5-10(15(19)20)11(16)6-9(8)12(14)17/h5-6,16,18H,3-4,7H2,1-2H3. The Kier molecular flexibility index (Phi) is 3.39. The summed E-state index contributed by atoms with van der Waals surface area (Å²) in [5.41, 5.74) is -0.483. The molecular weight excluding hydrogens is 264 g/mol. The number of hydrogen-bond donors (Lipinski definition) is 2. The summed E-state index contributed by atoms with van der Waals surface area (Å²) in [5.74, 6) is -0.791. The van der Waals surface area contributed by atoms with Crippen LogP contribution in [0.15, 0.2) is 12.1 Å². The molecule has 0 aliphatic carbocycles. The summed E-state index contributed by atoms with van der Waals surface area (Å²) in [5, 5.41) is 30.0. The molecule has 0 spiro atoms. The Balaban J connectivity index is 2.23.